The lowest BCUT2D eigenvalue weighted by molar-refractivity contribution is -0.671. The van der Waals surface area contributed by atoms with Crippen LogP contribution in [0.2, 0.25) is 0 Å². The predicted molar refractivity (Wildman–Crippen MR) is 60.6 cm³/mol. The smallest absolute Gasteiger partial charge is 0.227 e. The molecule has 1 aromatic carbocycles. The molecule has 0 saturated heterocycles. The molecular weight excluding hydrogens is 200 g/mol. The highest BCUT2D eigenvalue weighted by Gasteiger charge is 2.08. The molecule has 0 spiro atoms. The Morgan fingerprint density at radius 1 is 1.06 bits per heavy atom. The zero-order chi connectivity index (χ0) is 11.0. The van der Waals surface area contributed by atoms with Crippen molar-refractivity contribution in [2.45, 2.75) is 0 Å². The minimum Gasteiger partial charge on any atom is -0.436 e. The van der Waals surface area contributed by atoms with Crippen molar-refractivity contribution >= 4 is 11.1 Å². The van der Waals surface area contributed by atoms with E-state index in [4.69, 9.17) is 4.42 Å². The number of rotatable bonds is 1. The second-order valence-electron chi connectivity index (χ2n) is 3.74. The molecule has 0 bridgehead atoms. The van der Waals surface area contributed by atoms with E-state index in [0.29, 0.717) is 5.89 Å². The molecule has 3 rings (SSSR count). The average Bonchev–Trinajstić information content (AvgIpc) is 2.73. The molecule has 3 nitrogen and oxygen atoms in total. The highest BCUT2D eigenvalue weighted by molar-refractivity contribution is 5.75. The lowest BCUT2D eigenvalue weighted by Gasteiger charge is -1.91. The van der Waals surface area contributed by atoms with Gasteiger partial charge in [-0.2, -0.15) is 0 Å². The van der Waals surface area contributed by atoms with Crippen molar-refractivity contribution in [1.82, 2.24) is 4.98 Å². The molecule has 0 fully saturated rings. The third-order valence-corrected chi connectivity index (χ3v) is 2.52. The fourth-order valence-electron chi connectivity index (χ4n) is 1.64. The number of pyridine rings is 1. The number of hydrogen-bond acceptors (Lipinski definition) is 2. The van der Waals surface area contributed by atoms with E-state index in [1.165, 1.54) is 0 Å². The SMILES string of the molecule is C[n+]1ccc(-c2nc3ccccc3o2)cc1. The summed E-state index contributed by atoms with van der Waals surface area (Å²) in [4.78, 5) is 4.44. The van der Waals surface area contributed by atoms with Gasteiger partial charge in [0, 0.05) is 17.7 Å². The minimum absolute atomic E-state index is 0.668. The number of aryl methyl sites for hydroxylation is 1. The third-order valence-electron chi connectivity index (χ3n) is 2.52. The van der Waals surface area contributed by atoms with E-state index in [2.05, 4.69) is 4.98 Å². The summed E-state index contributed by atoms with van der Waals surface area (Å²) < 4.78 is 7.65. The summed E-state index contributed by atoms with van der Waals surface area (Å²) in [7, 11) is 1.98. The van der Waals surface area contributed by atoms with Crippen molar-refractivity contribution in [1.29, 1.82) is 0 Å². The summed E-state index contributed by atoms with van der Waals surface area (Å²) in [5.41, 5.74) is 2.71. The Hall–Kier alpha value is -2.16. The topological polar surface area (TPSA) is 29.9 Å². The number of oxazole rings is 1. The van der Waals surface area contributed by atoms with E-state index in [-0.39, 0.29) is 0 Å². The van der Waals surface area contributed by atoms with Crippen molar-refractivity contribution in [2.24, 2.45) is 7.05 Å². The molecule has 2 heterocycles. The van der Waals surface area contributed by atoms with Crippen molar-refractivity contribution in [2.75, 3.05) is 0 Å². The van der Waals surface area contributed by atoms with Crippen LogP contribution in [-0.4, -0.2) is 4.98 Å². The summed E-state index contributed by atoms with van der Waals surface area (Å²) in [5.74, 6) is 0.668. The van der Waals surface area contributed by atoms with Gasteiger partial charge in [-0.3, -0.25) is 0 Å². The van der Waals surface area contributed by atoms with E-state index in [1.807, 2.05) is 60.4 Å². The van der Waals surface area contributed by atoms with Crippen LogP contribution < -0.4 is 4.57 Å². The summed E-state index contributed by atoms with van der Waals surface area (Å²) in [5, 5.41) is 0. The minimum atomic E-state index is 0.668. The first-order chi connectivity index (χ1) is 7.83. The van der Waals surface area contributed by atoms with E-state index in [9.17, 15) is 0 Å². The number of aromatic nitrogens is 2. The Bertz CT molecular complexity index is 593. The van der Waals surface area contributed by atoms with Crippen LogP contribution in [0.4, 0.5) is 0 Å². The van der Waals surface area contributed by atoms with Crippen LogP contribution in [0.1, 0.15) is 0 Å². The zero-order valence-corrected chi connectivity index (χ0v) is 8.92. The fourth-order valence-corrected chi connectivity index (χ4v) is 1.64. The second kappa shape index (κ2) is 3.45. The molecule has 0 amide bonds. The average molecular weight is 211 g/mol. The number of nitrogens with zero attached hydrogens (tertiary/aromatic N) is 2. The molecule has 3 aromatic rings. The number of para-hydroxylation sites is 2. The quantitative estimate of drug-likeness (QED) is 0.578. The first kappa shape index (κ1) is 9.09. The number of hydrogen-bond donors (Lipinski definition) is 0. The maximum absolute atomic E-state index is 5.67. The predicted octanol–water partition coefficient (Wildman–Crippen LogP) is 2.32. The van der Waals surface area contributed by atoms with Crippen LogP contribution in [0.15, 0.2) is 53.2 Å². The summed E-state index contributed by atoms with van der Waals surface area (Å²) in [6.07, 6.45) is 3.95. The van der Waals surface area contributed by atoms with Gasteiger partial charge in [0.2, 0.25) is 5.89 Å². The van der Waals surface area contributed by atoms with Crippen molar-refractivity contribution in [3.63, 3.8) is 0 Å². The first-order valence-corrected chi connectivity index (χ1v) is 5.14. The largest absolute Gasteiger partial charge is 0.436 e. The Kier molecular flexibility index (Phi) is 1.96. The van der Waals surface area contributed by atoms with Gasteiger partial charge in [0.15, 0.2) is 18.0 Å². The van der Waals surface area contributed by atoms with Crippen LogP contribution in [-0.2, 0) is 7.05 Å². The molecule has 78 valence electrons. The third kappa shape index (κ3) is 1.46. The van der Waals surface area contributed by atoms with E-state index < -0.39 is 0 Å². The molecule has 3 heteroatoms. The van der Waals surface area contributed by atoms with Gasteiger partial charge in [-0.15, -0.1) is 0 Å². The molecule has 2 aromatic heterocycles. The Labute approximate surface area is 93.0 Å². The van der Waals surface area contributed by atoms with Gasteiger partial charge in [0.05, 0.1) is 0 Å². The molecule has 0 aliphatic rings. The van der Waals surface area contributed by atoms with Crippen LogP contribution in [0.3, 0.4) is 0 Å². The Morgan fingerprint density at radius 2 is 1.81 bits per heavy atom. The maximum Gasteiger partial charge on any atom is 0.227 e. The first-order valence-electron chi connectivity index (χ1n) is 5.14. The molecule has 0 radical (unpaired) electrons. The summed E-state index contributed by atoms with van der Waals surface area (Å²) in [6.45, 7) is 0. The van der Waals surface area contributed by atoms with Crippen LogP contribution >= 0.6 is 0 Å². The fraction of sp³-hybridized carbons (Fsp3) is 0.0769. The highest BCUT2D eigenvalue weighted by Crippen LogP contribution is 2.22. The van der Waals surface area contributed by atoms with E-state index in [0.717, 1.165) is 16.7 Å². The molecule has 0 aliphatic heterocycles. The lowest BCUT2D eigenvalue weighted by Crippen LogP contribution is -2.25. The van der Waals surface area contributed by atoms with Crippen molar-refractivity contribution in [3.05, 3.63) is 48.8 Å². The molecule has 0 atom stereocenters. The molecule has 0 N–H and O–H groups in total. The van der Waals surface area contributed by atoms with E-state index in [1.54, 1.807) is 0 Å². The van der Waals surface area contributed by atoms with Crippen molar-refractivity contribution < 1.29 is 8.98 Å². The van der Waals surface area contributed by atoms with Crippen LogP contribution in [0.5, 0.6) is 0 Å². The summed E-state index contributed by atoms with van der Waals surface area (Å²) in [6, 6.07) is 11.8. The standard InChI is InChI=1S/C13H11N2O/c1-15-8-6-10(7-9-15)13-14-11-4-2-3-5-12(11)16-13/h2-9H,1H3/q+1. The molecule has 0 aliphatic carbocycles. The lowest BCUT2D eigenvalue weighted by atomic mass is 10.3. The van der Waals surface area contributed by atoms with Gasteiger partial charge in [-0.1, -0.05) is 12.1 Å². The molecule has 0 saturated carbocycles. The van der Waals surface area contributed by atoms with Gasteiger partial charge < -0.3 is 4.42 Å². The highest BCUT2D eigenvalue weighted by atomic mass is 16.3. The van der Waals surface area contributed by atoms with Crippen LogP contribution in [0, 0.1) is 0 Å². The monoisotopic (exact) mass is 211 g/mol. The zero-order valence-electron chi connectivity index (χ0n) is 8.92. The van der Waals surface area contributed by atoms with Gasteiger partial charge >= 0.3 is 0 Å². The Balaban J connectivity index is 2.15. The van der Waals surface area contributed by atoms with Crippen LogP contribution in [0.25, 0.3) is 22.6 Å². The molecule has 0 unspecified atom stereocenters. The van der Waals surface area contributed by atoms with Gasteiger partial charge in [-0.25, -0.2) is 9.55 Å². The molecule has 16 heavy (non-hydrogen) atoms. The molecular formula is C13H11N2O+. The Morgan fingerprint density at radius 3 is 2.56 bits per heavy atom. The maximum atomic E-state index is 5.67. The second-order valence-corrected chi connectivity index (χ2v) is 3.74. The van der Waals surface area contributed by atoms with Gasteiger partial charge in [0.25, 0.3) is 0 Å². The van der Waals surface area contributed by atoms with E-state index >= 15 is 0 Å². The normalized spacial score (nSPS) is 10.8. The number of fused-ring (bicyclic) bond motifs is 1. The number of benzene rings is 1. The summed E-state index contributed by atoms with van der Waals surface area (Å²) >= 11 is 0. The van der Waals surface area contributed by atoms with Crippen molar-refractivity contribution in [3.8, 4) is 11.5 Å². The van der Waals surface area contributed by atoms with Gasteiger partial charge in [0.1, 0.15) is 12.6 Å². The van der Waals surface area contributed by atoms with Gasteiger partial charge in [-0.05, 0) is 12.1 Å².